The molecule has 1 aromatic carbocycles. The average molecular weight is 278 g/mol. The number of carbonyl (C=O) groups is 1. The number of nitrogens with one attached hydrogen (secondary N) is 2. The minimum atomic E-state index is -0.0669. The number of benzene rings is 1. The minimum absolute atomic E-state index is 0.00629. The molecule has 0 aromatic heterocycles. The van der Waals surface area contributed by atoms with Gasteiger partial charge in [-0.25, -0.2) is 0 Å². The number of aryl methyl sites for hydroxylation is 1. The molecule has 20 heavy (non-hydrogen) atoms. The molecule has 1 unspecified atom stereocenters. The highest BCUT2D eigenvalue weighted by Gasteiger charge is 2.24. The quantitative estimate of drug-likeness (QED) is 0.748. The molecule has 0 radical (unpaired) electrons. The third-order valence-corrected chi connectivity index (χ3v) is 3.27. The molecule has 0 saturated heterocycles. The van der Waals surface area contributed by atoms with Gasteiger partial charge in [0.1, 0.15) is 0 Å². The minimum Gasteiger partial charge on any atom is -0.396 e. The van der Waals surface area contributed by atoms with Crippen molar-refractivity contribution in [2.45, 2.75) is 40.2 Å². The van der Waals surface area contributed by atoms with Crippen LogP contribution < -0.4 is 10.6 Å². The zero-order valence-corrected chi connectivity index (χ0v) is 12.9. The van der Waals surface area contributed by atoms with Gasteiger partial charge in [0.15, 0.2) is 0 Å². The Hall–Kier alpha value is -1.39. The fourth-order valence-electron chi connectivity index (χ4n) is 2.11. The summed E-state index contributed by atoms with van der Waals surface area (Å²) in [6.45, 7) is 8.64. The van der Waals surface area contributed by atoms with Crippen molar-refractivity contribution in [2.24, 2.45) is 5.41 Å². The standard InChI is InChI=1S/C16H26N2O2/c1-12-6-5-7-13(10-12)18-15(20)11-17-14(8-9-19)16(2,3)4/h5-7,10,14,17,19H,8-9,11H2,1-4H3,(H,18,20). The Labute approximate surface area is 121 Å². The highest BCUT2D eigenvalue weighted by molar-refractivity contribution is 5.92. The van der Waals surface area contributed by atoms with Crippen molar-refractivity contribution in [3.63, 3.8) is 0 Å². The normalized spacial score (nSPS) is 13.1. The number of amides is 1. The Morgan fingerprint density at radius 1 is 1.35 bits per heavy atom. The molecule has 4 nitrogen and oxygen atoms in total. The summed E-state index contributed by atoms with van der Waals surface area (Å²) in [6, 6.07) is 7.83. The Morgan fingerprint density at radius 2 is 2.05 bits per heavy atom. The molecule has 1 aromatic rings. The summed E-state index contributed by atoms with van der Waals surface area (Å²) >= 11 is 0. The van der Waals surface area contributed by atoms with Crippen molar-refractivity contribution in [3.05, 3.63) is 29.8 Å². The first-order valence-electron chi connectivity index (χ1n) is 7.03. The van der Waals surface area contributed by atoms with E-state index in [4.69, 9.17) is 5.11 Å². The van der Waals surface area contributed by atoms with E-state index in [2.05, 4.69) is 31.4 Å². The van der Waals surface area contributed by atoms with Crippen LogP contribution in [0.15, 0.2) is 24.3 Å². The lowest BCUT2D eigenvalue weighted by molar-refractivity contribution is -0.115. The first-order chi connectivity index (χ1) is 9.32. The van der Waals surface area contributed by atoms with E-state index in [9.17, 15) is 4.79 Å². The average Bonchev–Trinajstić information content (AvgIpc) is 2.33. The molecule has 0 aliphatic carbocycles. The summed E-state index contributed by atoms with van der Waals surface area (Å²) in [6.07, 6.45) is 0.640. The number of carbonyl (C=O) groups excluding carboxylic acids is 1. The number of rotatable bonds is 6. The maximum absolute atomic E-state index is 11.9. The summed E-state index contributed by atoms with van der Waals surface area (Å²) in [5.41, 5.74) is 1.93. The second-order valence-electron chi connectivity index (χ2n) is 6.23. The first kappa shape index (κ1) is 16.7. The van der Waals surface area contributed by atoms with Crippen molar-refractivity contribution in [1.82, 2.24) is 5.32 Å². The Morgan fingerprint density at radius 3 is 2.60 bits per heavy atom. The molecular weight excluding hydrogens is 252 g/mol. The van der Waals surface area contributed by atoms with E-state index in [0.29, 0.717) is 6.42 Å². The summed E-state index contributed by atoms with van der Waals surface area (Å²) in [4.78, 5) is 11.9. The Balaban J connectivity index is 2.50. The van der Waals surface area contributed by atoms with E-state index in [0.717, 1.165) is 11.3 Å². The van der Waals surface area contributed by atoms with E-state index in [1.165, 1.54) is 0 Å². The maximum Gasteiger partial charge on any atom is 0.238 e. The van der Waals surface area contributed by atoms with Gasteiger partial charge in [-0.2, -0.15) is 0 Å². The molecule has 112 valence electrons. The van der Waals surface area contributed by atoms with Gasteiger partial charge in [-0.15, -0.1) is 0 Å². The van der Waals surface area contributed by atoms with Gasteiger partial charge in [0, 0.05) is 18.3 Å². The maximum atomic E-state index is 11.9. The zero-order valence-electron chi connectivity index (χ0n) is 12.9. The van der Waals surface area contributed by atoms with E-state index >= 15 is 0 Å². The van der Waals surface area contributed by atoms with Crippen LogP contribution in [0.2, 0.25) is 0 Å². The van der Waals surface area contributed by atoms with Crippen molar-refractivity contribution in [1.29, 1.82) is 0 Å². The predicted octanol–water partition coefficient (Wildman–Crippen LogP) is 2.32. The topological polar surface area (TPSA) is 61.4 Å². The lowest BCUT2D eigenvalue weighted by Gasteiger charge is -2.31. The highest BCUT2D eigenvalue weighted by Crippen LogP contribution is 2.21. The van der Waals surface area contributed by atoms with Crippen LogP contribution in [0.25, 0.3) is 0 Å². The molecule has 0 bridgehead atoms. The summed E-state index contributed by atoms with van der Waals surface area (Å²) in [5, 5.41) is 15.2. The second kappa shape index (κ2) is 7.41. The van der Waals surface area contributed by atoms with Gasteiger partial charge in [-0.1, -0.05) is 32.9 Å². The van der Waals surface area contributed by atoms with Crippen LogP contribution in [0.1, 0.15) is 32.8 Å². The number of aliphatic hydroxyl groups excluding tert-OH is 1. The fourth-order valence-corrected chi connectivity index (χ4v) is 2.11. The van der Waals surface area contributed by atoms with Crippen molar-refractivity contribution in [2.75, 3.05) is 18.5 Å². The summed E-state index contributed by atoms with van der Waals surface area (Å²) in [7, 11) is 0. The number of hydrogen-bond acceptors (Lipinski definition) is 3. The van der Waals surface area contributed by atoms with E-state index < -0.39 is 0 Å². The molecule has 0 saturated carbocycles. The van der Waals surface area contributed by atoms with Crippen LogP contribution >= 0.6 is 0 Å². The van der Waals surface area contributed by atoms with Crippen LogP contribution in [0.4, 0.5) is 5.69 Å². The lowest BCUT2D eigenvalue weighted by atomic mass is 9.85. The van der Waals surface area contributed by atoms with Gasteiger partial charge >= 0.3 is 0 Å². The SMILES string of the molecule is Cc1cccc(NC(=O)CNC(CCO)C(C)(C)C)c1. The highest BCUT2D eigenvalue weighted by atomic mass is 16.3. The molecule has 1 amide bonds. The van der Waals surface area contributed by atoms with E-state index in [1.807, 2.05) is 31.2 Å². The largest absolute Gasteiger partial charge is 0.396 e. The van der Waals surface area contributed by atoms with Gasteiger partial charge < -0.3 is 15.7 Å². The van der Waals surface area contributed by atoms with Gasteiger partial charge in [0.25, 0.3) is 0 Å². The third kappa shape index (κ3) is 5.72. The molecule has 3 N–H and O–H groups in total. The second-order valence-corrected chi connectivity index (χ2v) is 6.23. The molecule has 1 atom stereocenters. The smallest absolute Gasteiger partial charge is 0.238 e. The van der Waals surface area contributed by atoms with Crippen molar-refractivity contribution >= 4 is 11.6 Å². The molecule has 1 rings (SSSR count). The number of hydrogen-bond donors (Lipinski definition) is 3. The molecule has 0 aliphatic rings. The van der Waals surface area contributed by atoms with E-state index in [-0.39, 0.29) is 30.5 Å². The molecule has 4 heteroatoms. The third-order valence-electron chi connectivity index (χ3n) is 3.27. The Bertz CT molecular complexity index is 438. The van der Waals surface area contributed by atoms with Gasteiger partial charge in [0.2, 0.25) is 5.91 Å². The molecule has 0 fully saturated rings. The summed E-state index contributed by atoms with van der Waals surface area (Å²) < 4.78 is 0. The van der Waals surface area contributed by atoms with Gasteiger partial charge in [-0.05, 0) is 36.5 Å². The van der Waals surface area contributed by atoms with Crippen LogP contribution in [0, 0.1) is 12.3 Å². The van der Waals surface area contributed by atoms with E-state index in [1.54, 1.807) is 0 Å². The zero-order chi connectivity index (χ0) is 15.2. The van der Waals surface area contributed by atoms with Crippen LogP contribution in [-0.4, -0.2) is 30.2 Å². The Kier molecular flexibility index (Phi) is 6.17. The van der Waals surface area contributed by atoms with Crippen molar-refractivity contribution < 1.29 is 9.90 Å². The van der Waals surface area contributed by atoms with Crippen LogP contribution in [-0.2, 0) is 4.79 Å². The lowest BCUT2D eigenvalue weighted by Crippen LogP contribution is -2.44. The van der Waals surface area contributed by atoms with Crippen LogP contribution in [0.3, 0.4) is 0 Å². The van der Waals surface area contributed by atoms with Crippen molar-refractivity contribution in [3.8, 4) is 0 Å². The molecule has 0 aliphatic heterocycles. The monoisotopic (exact) mass is 278 g/mol. The molecule has 0 spiro atoms. The first-order valence-corrected chi connectivity index (χ1v) is 7.03. The van der Waals surface area contributed by atoms with Gasteiger partial charge in [-0.3, -0.25) is 4.79 Å². The number of anilines is 1. The molecular formula is C16H26N2O2. The fraction of sp³-hybridized carbons (Fsp3) is 0.562. The summed E-state index contributed by atoms with van der Waals surface area (Å²) in [5.74, 6) is -0.0669. The molecule has 0 heterocycles. The van der Waals surface area contributed by atoms with Crippen LogP contribution in [0.5, 0.6) is 0 Å². The number of aliphatic hydroxyl groups is 1. The predicted molar refractivity (Wildman–Crippen MR) is 82.8 cm³/mol. The van der Waals surface area contributed by atoms with Gasteiger partial charge in [0.05, 0.1) is 6.54 Å².